The molecule has 2 atom stereocenters. The molecule has 7 nitrogen and oxygen atoms in total. The minimum absolute atomic E-state index is 0.458. The van der Waals surface area contributed by atoms with E-state index in [1.807, 2.05) is 0 Å². The summed E-state index contributed by atoms with van der Waals surface area (Å²) in [6, 6.07) is -1.35. The van der Waals surface area contributed by atoms with Gasteiger partial charge in [0.25, 0.3) is 0 Å². The molecule has 0 radical (unpaired) electrons. The first-order valence-corrected chi connectivity index (χ1v) is 6.39. The number of carboxylic acid groups (broad SMARTS) is 1. The van der Waals surface area contributed by atoms with Crippen LogP contribution in [0.5, 0.6) is 0 Å². The highest BCUT2D eigenvalue weighted by Crippen LogP contribution is 2.34. The van der Waals surface area contributed by atoms with Crippen molar-refractivity contribution in [2.75, 3.05) is 11.2 Å². The van der Waals surface area contributed by atoms with Crippen LogP contribution in [0.3, 0.4) is 0 Å². The van der Waals surface area contributed by atoms with Gasteiger partial charge in [0.1, 0.15) is 11.5 Å². The maximum absolute atomic E-state index is 10.8. The molecule has 5 N–H and O–H groups in total. The van der Waals surface area contributed by atoms with Gasteiger partial charge >= 0.3 is 13.6 Å². The maximum Gasteiger partial charge on any atom is 0.337 e. The van der Waals surface area contributed by atoms with Crippen LogP contribution in [-0.4, -0.2) is 42.4 Å². The van der Waals surface area contributed by atoms with Crippen molar-refractivity contribution >= 4 is 24.4 Å². The molecule has 0 aromatic rings. The predicted molar refractivity (Wildman–Crippen MR) is 45.5 cm³/mol. The number of nitrogens with two attached hydrogens (primary N) is 1. The zero-order chi connectivity index (χ0) is 10.6. The fraction of sp³-hybridized carbons (Fsp3) is 0.750. The van der Waals surface area contributed by atoms with Crippen LogP contribution in [0.4, 0.5) is 0 Å². The number of carbonyl (C=O) groups is 1. The summed E-state index contributed by atoms with van der Waals surface area (Å²) in [5, 5.41) is 8.28. The van der Waals surface area contributed by atoms with Crippen LogP contribution in [0.25, 0.3) is 0 Å². The summed E-state index contributed by atoms with van der Waals surface area (Å²) in [7, 11) is -6.27. The third kappa shape index (κ3) is 6.85. The summed E-state index contributed by atoms with van der Waals surface area (Å²) in [6.07, 6.45) is 0. The Hall–Kier alpha value is -0.270. The standard InChI is InChI=1S/C4H10NO6PS/c5-3(4(6)7)1-13(11)2-12(8,9)10/h3H,1-2,5H2,(H,6,7)(H2,8,9,10)/t3-,13?/m0/s1. The number of hydrogen-bond donors (Lipinski definition) is 4. The van der Waals surface area contributed by atoms with Gasteiger partial charge in [-0.05, 0) is 0 Å². The molecule has 0 aromatic carbocycles. The second-order valence-electron chi connectivity index (χ2n) is 2.35. The number of rotatable bonds is 5. The first kappa shape index (κ1) is 12.7. The fourth-order valence-electron chi connectivity index (χ4n) is 0.512. The first-order chi connectivity index (χ1) is 5.72. The summed E-state index contributed by atoms with van der Waals surface area (Å²) >= 11 is 0. The zero-order valence-corrected chi connectivity index (χ0v) is 8.20. The van der Waals surface area contributed by atoms with Crippen LogP contribution < -0.4 is 5.73 Å². The molecule has 13 heavy (non-hydrogen) atoms. The molecule has 0 rings (SSSR count). The van der Waals surface area contributed by atoms with Crippen molar-refractivity contribution in [3.05, 3.63) is 0 Å². The van der Waals surface area contributed by atoms with E-state index in [1.54, 1.807) is 0 Å². The monoisotopic (exact) mass is 231 g/mol. The summed E-state index contributed by atoms with van der Waals surface area (Å²) in [4.78, 5) is 26.9. The van der Waals surface area contributed by atoms with Crippen LogP contribution >= 0.6 is 7.60 Å². The van der Waals surface area contributed by atoms with Gasteiger partial charge in [0.2, 0.25) is 0 Å². The van der Waals surface area contributed by atoms with Gasteiger partial charge in [0.15, 0.2) is 0 Å². The third-order valence-corrected chi connectivity index (χ3v) is 4.22. The summed E-state index contributed by atoms with van der Waals surface area (Å²) in [6.45, 7) is 0. The number of hydrogen-bond acceptors (Lipinski definition) is 4. The lowest BCUT2D eigenvalue weighted by Crippen LogP contribution is -2.36. The molecule has 0 saturated carbocycles. The number of carboxylic acids is 1. The van der Waals surface area contributed by atoms with Crippen molar-refractivity contribution in [2.45, 2.75) is 6.04 Å². The predicted octanol–water partition coefficient (Wildman–Crippen LogP) is -1.72. The molecular formula is C4H10NO6PS. The molecule has 0 aromatic heterocycles. The molecule has 0 spiro atoms. The van der Waals surface area contributed by atoms with E-state index in [2.05, 4.69) is 0 Å². The molecule has 1 unspecified atom stereocenters. The molecule has 0 saturated heterocycles. The van der Waals surface area contributed by atoms with Crippen LogP contribution in [0.1, 0.15) is 0 Å². The van der Waals surface area contributed by atoms with Gasteiger partial charge in [0.05, 0.1) is 5.75 Å². The Morgan fingerprint density at radius 1 is 1.54 bits per heavy atom. The highest BCUT2D eigenvalue weighted by molar-refractivity contribution is 7.92. The van der Waals surface area contributed by atoms with Crippen molar-refractivity contribution in [1.82, 2.24) is 0 Å². The van der Waals surface area contributed by atoms with Gasteiger partial charge in [-0.1, -0.05) is 0 Å². The first-order valence-electron chi connectivity index (χ1n) is 3.10. The van der Waals surface area contributed by atoms with E-state index >= 15 is 0 Å². The smallest absolute Gasteiger partial charge is 0.337 e. The van der Waals surface area contributed by atoms with Gasteiger partial charge in [-0.3, -0.25) is 13.6 Å². The van der Waals surface area contributed by atoms with Crippen LogP contribution in [0, 0.1) is 0 Å². The summed E-state index contributed by atoms with van der Waals surface area (Å²) in [5.74, 6) is -1.81. The molecule has 0 heterocycles. The van der Waals surface area contributed by atoms with Gasteiger partial charge < -0.3 is 20.6 Å². The van der Waals surface area contributed by atoms with E-state index in [9.17, 15) is 13.6 Å². The lowest BCUT2D eigenvalue weighted by atomic mass is 10.4. The Labute approximate surface area is 76.6 Å². The Bertz CT molecular complexity index is 261. The zero-order valence-electron chi connectivity index (χ0n) is 6.49. The SMILES string of the molecule is N[C@@H](CS(=O)CP(=O)(O)O)C(=O)O. The molecule has 78 valence electrons. The van der Waals surface area contributed by atoms with E-state index in [1.165, 1.54) is 0 Å². The van der Waals surface area contributed by atoms with Gasteiger partial charge in [-0.25, -0.2) is 0 Å². The molecule has 0 aliphatic carbocycles. The van der Waals surface area contributed by atoms with Crippen LogP contribution in [0.15, 0.2) is 0 Å². The Morgan fingerprint density at radius 3 is 2.31 bits per heavy atom. The molecule has 0 bridgehead atoms. The molecule has 0 fully saturated rings. The lowest BCUT2D eigenvalue weighted by molar-refractivity contribution is -0.137. The lowest BCUT2D eigenvalue weighted by Gasteiger charge is -2.06. The molecular weight excluding hydrogens is 221 g/mol. The maximum atomic E-state index is 10.8. The fourth-order valence-corrected chi connectivity index (χ4v) is 2.98. The van der Waals surface area contributed by atoms with Crippen molar-refractivity contribution in [2.24, 2.45) is 5.73 Å². The Kier molecular flexibility index (Phi) is 4.72. The Balaban J connectivity index is 4.03. The third-order valence-electron chi connectivity index (χ3n) is 0.995. The van der Waals surface area contributed by atoms with E-state index < -0.39 is 41.7 Å². The minimum atomic E-state index is -4.36. The second kappa shape index (κ2) is 4.83. The average Bonchev–Trinajstić information content (AvgIpc) is 1.81. The average molecular weight is 231 g/mol. The quantitative estimate of drug-likeness (QED) is 0.413. The molecule has 0 aliphatic heterocycles. The number of aliphatic carboxylic acids is 1. The highest BCUT2D eigenvalue weighted by Gasteiger charge is 2.22. The summed E-state index contributed by atoms with van der Waals surface area (Å²) in [5.41, 5.74) is 4.14. The van der Waals surface area contributed by atoms with Crippen molar-refractivity contribution in [1.29, 1.82) is 0 Å². The molecule has 9 heteroatoms. The highest BCUT2D eigenvalue weighted by atomic mass is 32.2. The normalized spacial score (nSPS) is 16.5. The minimum Gasteiger partial charge on any atom is -0.480 e. The van der Waals surface area contributed by atoms with E-state index in [0.717, 1.165) is 0 Å². The Morgan fingerprint density at radius 2 is 2.00 bits per heavy atom. The molecule has 0 aliphatic rings. The van der Waals surface area contributed by atoms with Crippen molar-refractivity contribution < 1.29 is 28.5 Å². The van der Waals surface area contributed by atoms with Gasteiger partial charge in [-0.15, -0.1) is 0 Å². The summed E-state index contributed by atoms with van der Waals surface area (Å²) < 4.78 is 21.2. The van der Waals surface area contributed by atoms with Crippen molar-refractivity contribution in [3.63, 3.8) is 0 Å². The second-order valence-corrected chi connectivity index (χ2v) is 5.92. The van der Waals surface area contributed by atoms with E-state index in [4.69, 9.17) is 20.6 Å². The van der Waals surface area contributed by atoms with Crippen LogP contribution in [-0.2, 0) is 20.2 Å². The van der Waals surface area contributed by atoms with Gasteiger partial charge in [0, 0.05) is 10.8 Å². The van der Waals surface area contributed by atoms with Crippen LogP contribution in [0.2, 0.25) is 0 Å². The van der Waals surface area contributed by atoms with Crippen molar-refractivity contribution in [3.8, 4) is 0 Å². The topological polar surface area (TPSA) is 138 Å². The van der Waals surface area contributed by atoms with E-state index in [-0.39, 0.29) is 0 Å². The van der Waals surface area contributed by atoms with Gasteiger partial charge in [-0.2, -0.15) is 0 Å². The van der Waals surface area contributed by atoms with E-state index in [0.29, 0.717) is 0 Å². The molecule has 0 amide bonds. The largest absolute Gasteiger partial charge is 0.480 e.